The molecule has 0 aliphatic heterocycles. The number of rotatable bonds is 3. The van der Waals surface area contributed by atoms with E-state index >= 15 is 0 Å². The fourth-order valence-corrected chi connectivity index (χ4v) is 3.63. The molecule has 0 heterocycles. The molecule has 0 radical (unpaired) electrons. The quantitative estimate of drug-likeness (QED) is 0.786. The van der Waals surface area contributed by atoms with Crippen LogP contribution in [0.4, 0.5) is 4.79 Å². The summed E-state index contributed by atoms with van der Waals surface area (Å²) < 4.78 is 11.7. The molecule has 1 unspecified atom stereocenters. The van der Waals surface area contributed by atoms with Crippen molar-refractivity contribution in [3.63, 3.8) is 0 Å². The molecule has 5 nitrogen and oxygen atoms in total. The van der Waals surface area contributed by atoms with Gasteiger partial charge in [-0.3, -0.25) is 4.79 Å². The maximum atomic E-state index is 12.1. The lowest BCUT2D eigenvalue weighted by Gasteiger charge is -2.42. The maximum absolute atomic E-state index is 12.1. The van der Waals surface area contributed by atoms with Crippen LogP contribution in [0, 0.1) is 0 Å². The van der Waals surface area contributed by atoms with Gasteiger partial charge >= 0.3 is 6.09 Å². The van der Waals surface area contributed by atoms with E-state index in [9.17, 15) is 9.59 Å². The summed E-state index contributed by atoms with van der Waals surface area (Å²) >= 11 is 0. The van der Waals surface area contributed by atoms with Gasteiger partial charge in [0.25, 0.3) is 0 Å². The molecule has 2 atom stereocenters. The predicted octanol–water partition coefficient (Wildman–Crippen LogP) is 4.02. The summed E-state index contributed by atoms with van der Waals surface area (Å²) in [6.07, 6.45) is 0.757. The molecule has 0 aromatic rings. The standard InChI is InChI=1S/C17H33NO4Si/c1-16(2,3)21-15(20)18-13-10-9-12(19)11-14(13)22-23(7,8)17(4,5)6/h13-14H,9-11H2,1-8H3,(H,18,20)/t13-,14?/m1/s1. The Hall–Kier alpha value is -0.883. The van der Waals surface area contributed by atoms with Gasteiger partial charge < -0.3 is 14.5 Å². The number of nitrogens with one attached hydrogen (secondary N) is 1. The third-order valence-corrected chi connectivity index (χ3v) is 9.07. The Morgan fingerprint density at radius 3 is 2.22 bits per heavy atom. The summed E-state index contributed by atoms with van der Waals surface area (Å²) in [6.45, 7) is 16.3. The lowest BCUT2D eigenvalue weighted by atomic mass is 9.92. The Morgan fingerprint density at radius 1 is 1.17 bits per heavy atom. The largest absolute Gasteiger partial charge is 0.444 e. The van der Waals surface area contributed by atoms with Gasteiger partial charge in [-0.1, -0.05) is 20.8 Å². The average Bonchev–Trinajstić information content (AvgIpc) is 2.28. The van der Waals surface area contributed by atoms with Gasteiger partial charge in [-0.05, 0) is 45.3 Å². The Bertz CT molecular complexity index is 448. The minimum Gasteiger partial charge on any atom is -0.444 e. The molecule has 134 valence electrons. The number of alkyl carbamates (subject to hydrolysis) is 1. The summed E-state index contributed by atoms with van der Waals surface area (Å²) in [7, 11) is -2.01. The third-order valence-electron chi connectivity index (χ3n) is 4.57. The Kier molecular flexibility index (Phi) is 6.07. The van der Waals surface area contributed by atoms with E-state index in [0.717, 1.165) is 0 Å². The fourth-order valence-electron chi connectivity index (χ4n) is 2.27. The lowest BCUT2D eigenvalue weighted by Crippen LogP contribution is -2.54. The molecule has 0 aromatic heterocycles. The van der Waals surface area contributed by atoms with Crippen LogP contribution in [0.15, 0.2) is 0 Å². The topological polar surface area (TPSA) is 64.6 Å². The van der Waals surface area contributed by atoms with Crippen molar-refractivity contribution in [1.82, 2.24) is 5.32 Å². The summed E-state index contributed by atoms with van der Waals surface area (Å²) in [4.78, 5) is 23.9. The van der Waals surface area contributed by atoms with E-state index in [1.807, 2.05) is 20.8 Å². The summed E-state index contributed by atoms with van der Waals surface area (Å²) in [6, 6.07) is -0.170. The molecule has 0 bridgehead atoms. The van der Waals surface area contributed by atoms with Gasteiger partial charge in [0.1, 0.15) is 11.4 Å². The van der Waals surface area contributed by atoms with Gasteiger partial charge in [0, 0.05) is 12.8 Å². The normalized spacial score (nSPS) is 23.6. The van der Waals surface area contributed by atoms with E-state index in [1.54, 1.807) is 0 Å². The van der Waals surface area contributed by atoms with Crippen molar-refractivity contribution in [1.29, 1.82) is 0 Å². The van der Waals surface area contributed by atoms with Crippen LogP contribution in [-0.4, -0.2) is 37.9 Å². The number of carbonyl (C=O) groups excluding carboxylic acids is 2. The summed E-state index contributed by atoms with van der Waals surface area (Å²) in [5, 5.41) is 2.96. The minimum absolute atomic E-state index is 0.0595. The smallest absolute Gasteiger partial charge is 0.407 e. The molecule has 1 fully saturated rings. The highest BCUT2D eigenvalue weighted by Crippen LogP contribution is 2.38. The molecule has 1 rings (SSSR count). The second-order valence-corrected chi connectivity index (χ2v) is 13.7. The van der Waals surface area contributed by atoms with Crippen molar-refractivity contribution >= 4 is 20.2 Å². The zero-order valence-corrected chi connectivity index (χ0v) is 16.9. The molecular formula is C17H33NO4Si. The highest BCUT2D eigenvalue weighted by Gasteiger charge is 2.42. The van der Waals surface area contributed by atoms with Gasteiger partial charge in [-0.25, -0.2) is 4.79 Å². The van der Waals surface area contributed by atoms with Gasteiger partial charge in [-0.2, -0.15) is 0 Å². The Labute approximate surface area is 141 Å². The number of ether oxygens (including phenoxy) is 1. The van der Waals surface area contributed by atoms with E-state index < -0.39 is 20.0 Å². The van der Waals surface area contributed by atoms with Crippen LogP contribution in [-0.2, 0) is 14.0 Å². The van der Waals surface area contributed by atoms with E-state index in [2.05, 4.69) is 39.2 Å². The molecule has 1 saturated carbocycles. The van der Waals surface area contributed by atoms with Crippen LogP contribution >= 0.6 is 0 Å². The van der Waals surface area contributed by atoms with E-state index in [4.69, 9.17) is 9.16 Å². The van der Waals surface area contributed by atoms with Crippen LogP contribution in [0.2, 0.25) is 18.1 Å². The van der Waals surface area contributed by atoms with Crippen molar-refractivity contribution in [3.8, 4) is 0 Å². The number of Topliss-reactive ketones (excluding diaryl/α,β-unsaturated/α-hetero) is 1. The van der Waals surface area contributed by atoms with Crippen molar-refractivity contribution in [2.24, 2.45) is 0 Å². The first kappa shape index (κ1) is 20.2. The third kappa shape index (κ3) is 6.26. The predicted molar refractivity (Wildman–Crippen MR) is 94.1 cm³/mol. The first-order valence-corrected chi connectivity index (χ1v) is 11.3. The van der Waals surface area contributed by atoms with Gasteiger partial charge in [0.15, 0.2) is 8.32 Å². The van der Waals surface area contributed by atoms with Crippen LogP contribution < -0.4 is 5.32 Å². The highest BCUT2D eigenvalue weighted by molar-refractivity contribution is 6.74. The van der Waals surface area contributed by atoms with E-state index in [1.165, 1.54) is 0 Å². The van der Waals surface area contributed by atoms with Crippen molar-refractivity contribution in [2.45, 2.75) is 96.7 Å². The molecule has 0 saturated heterocycles. The fraction of sp³-hybridized carbons (Fsp3) is 0.882. The number of amides is 1. The van der Waals surface area contributed by atoms with Crippen LogP contribution in [0.25, 0.3) is 0 Å². The van der Waals surface area contributed by atoms with E-state index in [-0.39, 0.29) is 23.0 Å². The lowest BCUT2D eigenvalue weighted by molar-refractivity contribution is -0.123. The molecule has 0 spiro atoms. The first-order valence-electron chi connectivity index (χ1n) is 8.40. The SMILES string of the molecule is CC(C)(C)OC(=O)N[C@@H]1CCC(=O)CC1O[Si](C)(C)C(C)(C)C. The molecule has 23 heavy (non-hydrogen) atoms. The highest BCUT2D eigenvalue weighted by atomic mass is 28.4. The Morgan fingerprint density at radius 2 is 1.74 bits per heavy atom. The second kappa shape index (κ2) is 6.93. The molecule has 1 aliphatic carbocycles. The minimum atomic E-state index is -2.01. The van der Waals surface area contributed by atoms with Gasteiger partial charge in [0.05, 0.1) is 12.1 Å². The zero-order chi connectivity index (χ0) is 18.1. The molecule has 6 heteroatoms. The zero-order valence-electron chi connectivity index (χ0n) is 15.9. The molecule has 0 aromatic carbocycles. The average molecular weight is 344 g/mol. The van der Waals surface area contributed by atoms with E-state index in [0.29, 0.717) is 19.3 Å². The number of hydrogen-bond acceptors (Lipinski definition) is 4. The molecular weight excluding hydrogens is 310 g/mol. The van der Waals surface area contributed by atoms with Gasteiger partial charge in [0.2, 0.25) is 0 Å². The first-order chi connectivity index (χ1) is 10.2. The molecule has 1 aliphatic rings. The summed E-state index contributed by atoms with van der Waals surface area (Å²) in [5.41, 5.74) is -0.537. The summed E-state index contributed by atoms with van der Waals surface area (Å²) in [5.74, 6) is 0.205. The maximum Gasteiger partial charge on any atom is 0.407 e. The Balaban J connectivity index is 2.80. The number of ketones is 1. The number of carbonyl (C=O) groups is 2. The van der Waals surface area contributed by atoms with Crippen LogP contribution in [0.1, 0.15) is 60.8 Å². The van der Waals surface area contributed by atoms with Crippen LogP contribution in [0.5, 0.6) is 0 Å². The van der Waals surface area contributed by atoms with Crippen molar-refractivity contribution < 1.29 is 18.8 Å². The van der Waals surface area contributed by atoms with Crippen molar-refractivity contribution in [3.05, 3.63) is 0 Å². The molecule has 1 N–H and O–H groups in total. The second-order valence-electron chi connectivity index (χ2n) is 8.95. The van der Waals surface area contributed by atoms with Crippen LogP contribution in [0.3, 0.4) is 0 Å². The molecule has 1 amide bonds. The van der Waals surface area contributed by atoms with Crippen molar-refractivity contribution in [2.75, 3.05) is 0 Å². The van der Waals surface area contributed by atoms with Gasteiger partial charge in [-0.15, -0.1) is 0 Å². The number of hydrogen-bond donors (Lipinski definition) is 1. The monoisotopic (exact) mass is 343 g/mol.